The predicted molar refractivity (Wildman–Crippen MR) is 82.1 cm³/mol. The molecule has 1 aromatic carbocycles. The molecule has 2 aromatic rings. The number of hydrogen-bond acceptors (Lipinski definition) is 5. The first-order valence-corrected chi connectivity index (χ1v) is 6.55. The Morgan fingerprint density at radius 2 is 2.18 bits per heavy atom. The van der Waals surface area contributed by atoms with Crippen molar-refractivity contribution in [2.24, 2.45) is 5.10 Å². The van der Waals surface area contributed by atoms with Crippen LogP contribution in [0.25, 0.3) is 0 Å². The summed E-state index contributed by atoms with van der Waals surface area (Å²) in [4.78, 5) is 26.0. The van der Waals surface area contributed by atoms with Crippen LogP contribution in [0.1, 0.15) is 21.6 Å². The zero-order valence-electron chi connectivity index (χ0n) is 11.5. The number of carbonyl (C=O) groups excluding carboxylic acids is 1. The Balaban J connectivity index is 2.06. The fourth-order valence-electron chi connectivity index (χ4n) is 1.58. The minimum atomic E-state index is -0.587. The Morgan fingerprint density at radius 3 is 2.82 bits per heavy atom. The Kier molecular flexibility index (Phi) is 4.80. The standard InChI is InChI=1S/C14H11ClN4O3/c1-9-2-4-11(8-16-9)14(20)18-17-7-10-3-5-12(15)13(6-10)19(21)22/h2-8H,1H3,(H,18,20)/b17-7-. The van der Waals surface area contributed by atoms with E-state index in [2.05, 4.69) is 15.5 Å². The normalized spacial score (nSPS) is 10.6. The van der Waals surface area contributed by atoms with E-state index >= 15 is 0 Å². The molecule has 0 radical (unpaired) electrons. The second kappa shape index (κ2) is 6.77. The summed E-state index contributed by atoms with van der Waals surface area (Å²) in [7, 11) is 0. The van der Waals surface area contributed by atoms with Crippen molar-refractivity contribution in [1.82, 2.24) is 10.4 Å². The smallest absolute Gasteiger partial charge is 0.267 e. The number of nitrogens with zero attached hydrogens (tertiary/aromatic N) is 3. The van der Waals surface area contributed by atoms with E-state index in [0.29, 0.717) is 11.1 Å². The number of benzene rings is 1. The number of nitro benzene ring substituents is 1. The molecule has 22 heavy (non-hydrogen) atoms. The Morgan fingerprint density at radius 1 is 1.41 bits per heavy atom. The first kappa shape index (κ1) is 15.6. The molecule has 1 aromatic heterocycles. The summed E-state index contributed by atoms with van der Waals surface area (Å²) in [6.45, 7) is 1.81. The molecule has 0 bridgehead atoms. The molecule has 1 amide bonds. The summed E-state index contributed by atoms with van der Waals surface area (Å²) in [5, 5.41) is 14.6. The van der Waals surface area contributed by atoms with Crippen LogP contribution in [0.5, 0.6) is 0 Å². The van der Waals surface area contributed by atoms with E-state index < -0.39 is 10.8 Å². The van der Waals surface area contributed by atoms with E-state index in [4.69, 9.17) is 11.6 Å². The molecule has 7 nitrogen and oxygen atoms in total. The molecule has 0 aliphatic carbocycles. The third kappa shape index (κ3) is 3.86. The summed E-state index contributed by atoms with van der Waals surface area (Å²) in [5.74, 6) is -0.424. The van der Waals surface area contributed by atoms with Crippen molar-refractivity contribution >= 4 is 29.4 Å². The van der Waals surface area contributed by atoms with Crippen LogP contribution < -0.4 is 5.43 Å². The molecule has 0 atom stereocenters. The van der Waals surface area contributed by atoms with Gasteiger partial charge in [-0.15, -0.1) is 0 Å². The molecule has 0 fully saturated rings. The zero-order valence-corrected chi connectivity index (χ0v) is 12.2. The first-order valence-electron chi connectivity index (χ1n) is 6.17. The van der Waals surface area contributed by atoms with Crippen LogP contribution in [0.4, 0.5) is 5.69 Å². The van der Waals surface area contributed by atoms with Gasteiger partial charge in [-0.05, 0) is 25.1 Å². The minimum Gasteiger partial charge on any atom is -0.267 e. The van der Waals surface area contributed by atoms with Gasteiger partial charge in [0, 0.05) is 23.5 Å². The number of rotatable bonds is 4. The van der Waals surface area contributed by atoms with Gasteiger partial charge in [0.15, 0.2) is 0 Å². The van der Waals surface area contributed by atoms with Crippen LogP contribution in [0.15, 0.2) is 41.6 Å². The number of hydrogen-bond donors (Lipinski definition) is 1. The Bertz CT molecular complexity index is 744. The molecular formula is C14H11ClN4O3. The number of carbonyl (C=O) groups is 1. The zero-order chi connectivity index (χ0) is 16.1. The third-order valence-electron chi connectivity index (χ3n) is 2.72. The second-order valence-electron chi connectivity index (χ2n) is 4.36. The molecule has 0 aliphatic rings. The lowest BCUT2D eigenvalue weighted by Gasteiger charge is -2.00. The molecule has 1 N–H and O–H groups in total. The average Bonchev–Trinajstić information content (AvgIpc) is 2.49. The maximum absolute atomic E-state index is 11.8. The van der Waals surface area contributed by atoms with Gasteiger partial charge in [0.25, 0.3) is 11.6 Å². The van der Waals surface area contributed by atoms with Gasteiger partial charge >= 0.3 is 0 Å². The van der Waals surface area contributed by atoms with Crippen molar-refractivity contribution < 1.29 is 9.72 Å². The van der Waals surface area contributed by atoms with E-state index in [1.165, 1.54) is 24.5 Å². The molecule has 0 spiro atoms. The molecular weight excluding hydrogens is 308 g/mol. The fraction of sp³-hybridized carbons (Fsp3) is 0.0714. The maximum Gasteiger partial charge on any atom is 0.288 e. The van der Waals surface area contributed by atoms with Crippen LogP contribution in [0.2, 0.25) is 5.02 Å². The summed E-state index contributed by atoms with van der Waals surface area (Å²) >= 11 is 5.71. The summed E-state index contributed by atoms with van der Waals surface area (Å²) < 4.78 is 0. The van der Waals surface area contributed by atoms with E-state index in [0.717, 1.165) is 5.69 Å². The highest BCUT2D eigenvalue weighted by Gasteiger charge is 2.11. The van der Waals surface area contributed by atoms with Gasteiger partial charge in [0.2, 0.25) is 0 Å². The van der Waals surface area contributed by atoms with E-state index in [9.17, 15) is 14.9 Å². The largest absolute Gasteiger partial charge is 0.288 e. The number of aryl methyl sites for hydroxylation is 1. The monoisotopic (exact) mass is 318 g/mol. The van der Waals surface area contributed by atoms with Gasteiger partial charge in [-0.25, -0.2) is 5.43 Å². The maximum atomic E-state index is 11.8. The van der Waals surface area contributed by atoms with Crippen molar-refractivity contribution in [2.75, 3.05) is 0 Å². The number of nitrogens with one attached hydrogen (secondary N) is 1. The van der Waals surface area contributed by atoms with Crippen molar-refractivity contribution in [3.05, 3.63) is 68.5 Å². The molecule has 0 saturated carbocycles. The molecule has 1 heterocycles. The second-order valence-corrected chi connectivity index (χ2v) is 4.76. The van der Waals surface area contributed by atoms with E-state index in [-0.39, 0.29) is 10.7 Å². The first-order chi connectivity index (χ1) is 10.5. The summed E-state index contributed by atoms with van der Waals surface area (Å²) in [5.41, 5.74) is 3.70. The number of pyridine rings is 1. The van der Waals surface area contributed by atoms with Crippen LogP contribution in [0, 0.1) is 17.0 Å². The number of aromatic nitrogens is 1. The molecule has 0 aliphatic heterocycles. The van der Waals surface area contributed by atoms with Crippen molar-refractivity contribution in [1.29, 1.82) is 0 Å². The molecule has 0 unspecified atom stereocenters. The number of halogens is 1. The van der Waals surface area contributed by atoms with E-state index in [1.54, 1.807) is 18.2 Å². The number of hydrazone groups is 1. The summed E-state index contributed by atoms with van der Waals surface area (Å²) in [6.07, 6.45) is 2.73. The summed E-state index contributed by atoms with van der Waals surface area (Å²) in [6, 6.07) is 7.55. The minimum absolute atomic E-state index is 0.0388. The van der Waals surface area contributed by atoms with Gasteiger partial charge in [-0.3, -0.25) is 19.9 Å². The highest BCUT2D eigenvalue weighted by Crippen LogP contribution is 2.24. The Hall–Kier alpha value is -2.80. The van der Waals surface area contributed by atoms with Crippen LogP contribution in [-0.2, 0) is 0 Å². The average molecular weight is 319 g/mol. The number of nitro groups is 1. The lowest BCUT2D eigenvalue weighted by atomic mass is 10.2. The number of amides is 1. The van der Waals surface area contributed by atoms with Gasteiger partial charge < -0.3 is 0 Å². The SMILES string of the molecule is Cc1ccc(C(=O)N/N=C\c2ccc(Cl)c([N+](=O)[O-])c2)cn1. The quantitative estimate of drug-likeness (QED) is 0.532. The lowest BCUT2D eigenvalue weighted by molar-refractivity contribution is -0.384. The molecule has 112 valence electrons. The van der Waals surface area contributed by atoms with Crippen molar-refractivity contribution in [3.63, 3.8) is 0 Å². The topological polar surface area (TPSA) is 97.5 Å². The highest BCUT2D eigenvalue weighted by molar-refractivity contribution is 6.32. The van der Waals surface area contributed by atoms with Gasteiger partial charge in [-0.2, -0.15) is 5.10 Å². The van der Waals surface area contributed by atoms with Gasteiger partial charge in [0.1, 0.15) is 5.02 Å². The molecule has 0 saturated heterocycles. The van der Waals surface area contributed by atoms with Gasteiger partial charge in [0.05, 0.1) is 16.7 Å². The molecule has 2 rings (SSSR count). The van der Waals surface area contributed by atoms with E-state index in [1.807, 2.05) is 6.92 Å². The third-order valence-corrected chi connectivity index (χ3v) is 3.04. The van der Waals surface area contributed by atoms with Gasteiger partial charge in [-0.1, -0.05) is 17.7 Å². The molecule has 8 heteroatoms. The highest BCUT2D eigenvalue weighted by atomic mass is 35.5. The van der Waals surface area contributed by atoms with Crippen LogP contribution >= 0.6 is 11.6 Å². The predicted octanol–water partition coefficient (Wildman–Crippen LogP) is 2.72. The van der Waals surface area contributed by atoms with Crippen molar-refractivity contribution in [2.45, 2.75) is 6.92 Å². The fourth-order valence-corrected chi connectivity index (χ4v) is 1.77. The lowest BCUT2D eigenvalue weighted by Crippen LogP contribution is -2.17. The Labute approximate surface area is 130 Å². The van der Waals surface area contributed by atoms with Crippen LogP contribution in [0.3, 0.4) is 0 Å². The van der Waals surface area contributed by atoms with Crippen molar-refractivity contribution in [3.8, 4) is 0 Å². The van der Waals surface area contributed by atoms with Crippen LogP contribution in [-0.4, -0.2) is 22.0 Å².